The summed E-state index contributed by atoms with van der Waals surface area (Å²) in [7, 11) is 0. The van der Waals surface area contributed by atoms with Crippen molar-refractivity contribution >= 4 is 17.7 Å². The van der Waals surface area contributed by atoms with E-state index >= 15 is 0 Å². The molecule has 0 saturated heterocycles. The quantitative estimate of drug-likeness (QED) is 0.637. The second-order valence-electron chi connectivity index (χ2n) is 1.88. The molecule has 10 heavy (non-hydrogen) atoms. The third kappa shape index (κ3) is 4.44. The van der Waals surface area contributed by atoms with Crippen molar-refractivity contribution in [3.05, 3.63) is 12.2 Å². The Morgan fingerprint density at radius 2 is 2.40 bits per heavy atom. The van der Waals surface area contributed by atoms with Gasteiger partial charge in [0.25, 0.3) is 0 Å². The van der Waals surface area contributed by atoms with Crippen LogP contribution in [0.25, 0.3) is 0 Å². The van der Waals surface area contributed by atoms with E-state index in [0.29, 0.717) is 0 Å². The van der Waals surface area contributed by atoms with Crippen molar-refractivity contribution in [2.45, 2.75) is 19.1 Å². The third-order valence-corrected chi connectivity index (χ3v) is 2.11. The number of rotatable bonds is 4. The largest absolute Gasteiger partial charge is 0.480 e. The molecule has 0 saturated carbocycles. The van der Waals surface area contributed by atoms with E-state index in [1.807, 2.05) is 19.1 Å². The van der Waals surface area contributed by atoms with Crippen molar-refractivity contribution in [2.24, 2.45) is 0 Å². The molecule has 1 atom stereocenters. The highest BCUT2D eigenvalue weighted by Gasteiger charge is 2.08. The van der Waals surface area contributed by atoms with E-state index in [4.69, 9.17) is 5.11 Å². The van der Waals surface area contributed by atoms with Gasteiger partial charge in [-0.2, -0.15) is 0 Å². The van der Waals surface area contributed by atoms with Gasteiger partial charge >= 0.3 is 5.97 Å². The first-order chi connectivity index (χ1) is 4.68. The van der Waals surface area contributed by atoms with Crippen molar-refractivity contribution in [3.8, 4) is 0 Å². The van der Waals surface area contributed by atoms with Crippen LogP contribution in [0, 0.1) is 0 Å². The molecule has 0 aliphatic rings. The summed E-state index contributed by atoms with van der Waals surface area (Å²) in [6.07, 6.45) is 3.87. The Balaban J connectivity index is 3.39. The lowest BCUT2D eigenvalue weighted by Gasteiger charge is -2.01. The molecule has 1 N–H and O–H groups in total. The van der Waals surface area contributed by atoms with Crippen molar-refractivity contribution < 1.29 is 9.90 Å². The molecule has 0 aliphatic carbocycles. The van der Waals surface area contributed by atoms with Crippen LogP contribution in [0.4, 0.5) is 0 Å². The Morgan fingerprint density at radius 1 is 1.80 bits per heavy atom. The molecular weight excluding hydrogens is 148 g/mol. The SMILES string of the molecule is C/C=C/CSC(C)C(=O)O. The highest BCUT2D eigenvalue weighted by atomic mass is 32.2. The molecule has 2 nitrogen and oxygen atoms in total. The van der Waals surface area contributed by atoms with Gasteiger partial charge in [-0.25, -0.2) is 0 Å². The van der Waals surface area contributed by atoms with Crippen molar-refractivity contribution in [1.82, 2.24) is 0 Å². The van der Waals surface area contributed by atoms with Crippen LogP contribution in [-0.4, -0.2) is 22.1 Å². The van der Waals surface area contributed by atoms with Crippen LogP contribution < -0.4 is 0 Å². The number of hydrogen-bond donors (Lipinski definition) is 1. The summed E-state index contributed by atoms with van der Waals surface area (Å²) in [6.45, 7) is 3.61. The second-order valence-corrected chi connectivity index (χ2v) is 3.26. The minimum Gasteiger partial charge on any atom is -0.480 e. The molecule has 1 unspecified atom stereocenters. The average Bonchev–Trinajstić information content (AvgIpc) is 1.88. The van der Waals surface area contributed by atoms with Gasteiger partial charge in [-0.05, 0) is 13.8 Å². The van der Waals surface area contributed by atoms with Gasteiger partial charge in [0.1, 0.15) is 0 Å². The Labute approximate surface area is 65.3 Å². The Bertz CT molecular complexity index is 132. The van der Waals surface area contributed by atoms with Gasteiger partial charge in [-0.1, -0.05) is 12.2 Å². The minimum atomic E-state index is -0.741. The van der Waals surface area contributed by atoms with Crippen LogP contribution >= 0.6 is 11.8 Å². The molecule has 0 aliphatic heterocycles. The summed E-state index contributed by atoms with van der Waals surface area (Å²) in [4.78, 5) is 10.2. The maximum atomic E-state index is 10.2. The molecule has 0 fully saturated rings. The first kappa shape index (κ1) is 9.56. The van der Waals surface area contributed by atoms with Crippen molar-refractivity contribution in [3.63, 3.8) is 0 Å². The Morgan fingerprint density at radius 3 is 2.80 bits per heavy atom. The fraction of sp³-hybridized carbons (Fsp3) is 0.571. The predicted molar refractivity (Wildman–Crippen MR) is 44.4 cm³/mol. The average molecular weight is 160 g/mol. The van der Waals surface area contributed by atoms with Crippen LogP contribution in [0.3, 0.4) is 0 Å². The fourth-order valence-corrected chi connectivity index (χ4v) is 1.10. The normalized spacial score (nSPS) is 13.8. The van der Waals surface area contributed by atoms with Crippen LogP contribution in [0.1, 0.15) is 13.8 Å². The van der Waals surface area contributed by atoms with E-state index in [1.54, 1.807) is 6.92 Å². The van der Waals surface area contributed by atoms with Gasteiger partial charge in [0.2, 0.25) is 0 Å². The maximum absolute atomic E-state index is 10.2. The van der Waals surface area contributed by atoms with Gasteiger partial charge in [-0.3, -0.25) is 4.79 Å². The van der Waals surface area contributed by atoms with Gasteiger partial charge in [0.15, 0.2) is 0 Å². The van der Waals surface area contributed by atoms with Gasteiger partial charge in [0, 0.05) is 5.75 Å². The molecule has 0 amide bonds. The number of carboxylic acid groups (broad SMARTS) is 1. The second kappa shape index (κ2) is 5.35. The molecule has 0 aromatic carbocycles. The third-order valence-electron chi connectivity index (χ3n) is 1.03. The van der Waals surface area contributed by atoms with Crippen molar-refractivity contribution in [2.75, 3.05) is 5.75 Å². The molecule has 58 valence electrons. The number of hydrogen-bond acceptors (Lipinski definition) is 2. The molecule has 0 spiro atoms. The highest BCUT2D eigenvalue weighted by molar-refractivity contribution is 8.00. The zero-order chi connectivity index (χ0) is 7.98. The fourth-order valence-electron chi connectivity index (χ4n) is 0.367. The lowest BCUT2D eigenvalue weighted by atomic mass is 10.5. The van der Waals surface area contributed by atoms with Crippen LogP contribution in [0.5, 0.6) is 0 Å². The first-order valence-electron chi connectivity index (χ1n) is 3.14. The standard InChI is InChI=1S/C7H12O2S/c1-3-4-5-10-6(2)7(8)9/h3-4,6H,5H2,1-2H3,(H,8,9)/b4-3+. The van der Waals surface area contributed by atoms with Crippen LogP contribution in [0.15, 0.2) is 12.2 Å². The van der Waals surface area contributed by atoms with Gasteiger partial charge < -0.3 is 5.11 Å². The van der Waals surface area contributed by atoms with E-state index in [9.17, 15) is 4.79 Å². The van der Waals surface area contributed by atoms with Crippen LogP contribution in [-0.2, 0) is 4.79 Å². The Kier molecular flexibility index (Phi) is 5.12. The first-order valence-corrected chi connectivity index (χ1v) is 4.19. The minimum absolute atomic E-state index is 0.295. The molecule has 0 aromatic rings. The summed E-state index contributed by atoms with van der Waals surface area (Å²) < 4.78 is 0. The number of allylic oxidation sites excluding steroid dienone is 1. The summed E-state index contributed by atoms with van der Waals surface area (Å²) in [5.74, 6) is 0.0405. The summed E-state index contributed by atoms with van der Waals surface area (Å²) in [5.41, 5.74) is 0. The summed E-state index contributed by atoms with van der Waals surface area (Å²) in [6, 6.07) is 0. The number of aliphatic carboxylic acids is 1. The molecule has 0 rings (SSSR count). The molecule has 3 heteroatoms. The monoisotopic (exact) mass is 160 g/mol. The molecule has 0 bridgehead atoms. The van der Waals surface area contributed by atoms with E-state index < -0.39 is 5.97 Å². The zero-order valence-corrected chi connectivity index (χ0v) is 7.02. The predicted octanol–water partition coefficient (Wildman–Crippen LogP) is 1.77. The van der Waals surface area contributed by atoms with Crippen LogP contribution in [0.2, 0.25) is 0 Å². The molecule has 0 aromatic heterocycles. The van der Waals surface area contributed by atoms with E-state index in [1.165, 1.54) is 11.8 Å². The van der Waals surface area contributed by atoms with Gasteiger partial charge in [-0.15, -0.1) is 11.8 Å². The Hall–Kier alpha value is -0.440. The maximum Gasteiger partial charge on any atom is 0.316 e. The van der Waals surface area contributed by atoms with E-state index in [-0.39, 0.29) is 5.25 Å². The van der Waals surface area contributed by atoms with E-state index in [0.717, 1.165) is 5.75 Å². The molecule has 0 radical (unpaired) electrons. The molecule has 0 heterocycles. The van der Waals surface area contributed by atoms with Gasteiger partial charge in [0.05, 0.1) is 5.25 Å². The lowest BCUT2D eigenvalue weighted by Crippen LogP contribution is -2.11. The molecular formula is C7H12O2S. The lowest BCUT2D eigenvalue weighted by molar-refractivity contribution is -0.136. The zero-order valence-electron chi connectivity index (χ0n) is 6.20. The topological polar surface area (TPSA) is 37.3 Å². The number of carbonyl (C=O) groups is 1. The summed E-state index contributed by atoms with van der Waals surface area (Å²) >= 11 is 1.42. The number of thioether (sulfide) groups is 1. The van der Waals surface area contributed by atoms with E-state index in [2.05, 4.69) is 0 Å². The smallest absolute Gasteiger partial charge is 0.316 e. The number of carboxylic acids is 1. The summed E-state index contributed by atoms with van der Waals surface area (Å²) in [5, 5.41) is 8.14. The van der Waals surface area contributed by atoms with Crippen molar-refractivity contribution in [1.29, 1.82) is 0 Å². The highest BCUT2D eigenvalue weighted by Crippen LogP contribution is 2.09.